The van der Waals surface area contributed by atoms with Gasteiger partial charge >= 0.3 is 0 Å². The van der Waals surface area contributed by atoms with Crippen molar-refractivity contribution < 1.29 is 19.1 Å². The summed E-state index contributed by atoms with van der Waals surface area (Å²) in [6.45, 7) is 2.88. The second-order valence-electron chi connectivity index (χ2n) is 7.27. The minimum Gasteiger partial charge on any atom is -0.378 e. The van der Waals surface area contributed by atoms with Gasteiger partial charge in [-0.05, 0) is 24.5 Å². The zero-order valence-electron chi connectivity index (χ0n) is 16.5. The van der Waals surface area contributed by atoms with Crippen LogP contribution in [0.25, 0.3) is 0 Å². The number of aromatic nitrogens is 1. The smallest absolute Gasteiger partial charge is 0.226 e. The number of allylic oxidation sites excluding steroid dienone is 2. The Morgan fingerprint density at radius 1 is 1.10 bits per heavy atom. The Hall–Kier alpha value is -2.74. The lowest BCUT2D eigenvalue weighted by Crippen LogP contribution is -2.48. The normalized spacial score (nSPS) is 21.4. The van der Waals surface area contributed by atoms with Gasteiger partial charge in [0.05, 0.1) is 25.0 Å². The fraction of sp³-hybridized carbons (Fsp3) is 0.524. The summed E-state index contributed by atoms with van der Waals surface area (Å²) in [5.41, 5.74) is 0.920. The molecule has 2 unspecified atom stereocenters. The fourth-order valence-electron chi connectivity index (χ4n) is 3.62. The molecule has 8 nitrogen and oxygen atoms in total. The van der Waals surface area contributed by atoms with Crippen LogP contribution in [0.3, 0.4) is 0 Å². The number of pyridine rings is 1. The highest BCUT2D eigenvalue weighted by Gasteiger charge is 2.36. The Morgan fingerprint density at radius 3 is 2.59 bits per heavy atom. The number of nitrogens with one attached hydrogen (secondary N) is 2. The number of carbonyl (C=O) groups excluding carboxylic acids is 3. The Morgan fingerprint density at radius 2 is 1.86 bits per heavy atom. The maximum absolute atomic E-state index is 12.9. The van der Waals surface area contributed by atoms with Crippen molar-refractivity contribution in [1.29, 1.82) is 0 Å². The van der Waals surface area contributed by atoms with Gasteiger partial charge in [-0.15, -0.1) is 0 Å². The lowest BCUT2D eigenvalue weighted by molar-refractivity contribution is -0.145. The minimum absolute atomic E-state index is 0.0204. The molecule has 1 aromatic heterocycles. The molecule has 2 atom stereocenters. The van der Waals surface area contributed by atoms with Crippen molar-refractivity contribution in [2.24, 2.45) is 11.8 Å². The highest BCUT2D eigenvalue weighted by molar-refractivity contribution is 5.88. The van der Waals surface area contributed by atoms with Crippen molar-refractivity contribution >= 4 is 17.7 Å². The Labute approximate surface area is 170 Å². The van der Waals surface area contributed by atoms with E-state index in [4.69, 9.17) is 4.74 Å². The van der Waals surface area contributed by atoms with E-state index in [1.807, 2.05) is 24.3 Å². The van der Waals surface area contributed by atoms with E-state index < -0.39 is 5.92 Å². The number of amides is 3. The van der Waals surface area contributed by atoms with Crippen LogP contribution in [0.15, 0.2) is 36.7 Å². The molecule has 3 amide bonds. The van der Waals surface area contributed by atoms with Crippen molar-refractivity contribution in [3.8, 4) is 0 Å². The molecule has 29 heavy (non-hydrogen) atoms. The average Bonchev–Trinajstić information content (AvgIpc) is 2.78. The summed E-state index contributed by atoms with van der Waals surface area (Å²) < 4.78 is 5.31. The lowest BCUT2D eigenvalue weighted by Gasteiger charge is -2.34. The summed E-state index contributed by atoms with van der Waals surface area (Å²) in [7, 11) is 0. The highest BCUT2D eigenvalue weighted by atomic mass is 16.5. The van der Waals surface area contributed by atoms with Gasteiger partial charge in [-0.25, -0.2) is 0 Å². The molecule has 0 bridgehead atoms. The zero-order chi connectivity index (χ0) is 20.5. The predicted molar refractivity (Wildman–Crippen MR) is 106 cm³/mol. The van der Waals surface area contributed by atoms with Crippen LogP contribution in [0.2, 0.25) is 0 Å². The second kappa shape index (κ2) is 10.7. The summed E-state index contributed by atoms with van der Waals surface area (Å²) in [6, 6.07) is 3.70. The fourth-order valence-corrected chi connectivity index (χ4v) is 3.62. The summed E-state index contributed by atoms with van der Waals surface area (Å²) in [5, 5.41) is 5.64. The molecule has 3 rings (SSSR count). The molecule has 0 spiro atoms. The van der Waals surface area contributed by atoms with Crippen molar-refractivity contribution in [1.82, 2.24) is 20.5 Å². The number of morpholine rings is 1. The van der Waals surface area contributed by atoms with Crippen LogP contribution in [0.5, 0.6) is 0 Å². The van der Waals surface area contributed by atoms with Crippen LogP contribution < -0.4 is 10.6 Å². The number of rotatable bonds is 7. The number of hydrogen-bond acceptors (Lipinski definition) is 5. The molecule has 1 aromatic rings. The van der Waals surface area contributed by atoms with Gasteiger partial charge in [-0.3, -0.25) is 19.4 Å². The highest BCUT2D eigenvalue weighted by Crippen LogP contribution is 2.28. The zero-order valence-corrected chi connectivity index (χ0v) is 16.5. The minimum atomic E-state index is -0.395. The van der Waals surface area contributed by atoms with Crippen LogP contribution in [0.4, 0.5) is 0 Å². The molecule has 2 aliphatic rings. The van der Waals surface area contributed by atoms with Crippen molar-refractivity contribution in [3.05, 3.63) is 42.2 Å². The third-order valence-electron chi connectivity index (χ3n) is 5.27. The molecule has 2 heterocycles. The molecule has 0 saturated carbocycles. The molecule has 1 fully saturated rings. The van der Waals surface area contributed by atoms with Crippen molar-refractivity contribution in [2.75, 3.05) is 32.8 Å². The predicted octanol–water partition coefficient (Wildman–Crippen LogP) is 0.645. The van der Waals surface area contributed by atoms with E-state index in [1.165, 1.54) is 0 Å². The van der Waals surface area contributed by atoms with E-state index in [2.05, 4.69) is 15.6 Å². The van der Waals surface area contributed by atoms with Gasteiger partial charge in [0.15, 0.2) is 0 Å². The molecular weight excluding hydrogens is 372 g/mol. The number of ether oxygens (including phenoxy) is 1. The van der Waals surface area contributed by atoms with E-state index in [9.17, 15) is 14.4 Å². The number of hydrogen-bond donors (Lipinski definition) is 2. The van der Waals surface area contributed by atoms with E-state index in [0.717, 1.165) is 5.56 Å². The van der Waals surface area contributed by atoms with Crippen LogP contribution in [0.1, 0.15) is 24.8 Å². The van der Waals surface area contributed by atoms with Crippen LogP contribution in [0, 0.1) is 11.8 Å². The third-order valence-corrected chi connectivity index (χ3v) is 5.27. The molecule has 1 saturated heterocycles. The Balaban J connectivity index is 1.43. The lowest BCUT2D eigenvalue weighted by atomic mass is 9.81. The molecule has 0 radical (unpaired) electrons. The molecule has 1 aliphatic carbocycles. The van der Waals surface area contributed by atoms with E-state index in [1.54, 1.807) is 17.3 Å². The molecule has 0 aromatic carbocycles. The SMILES string of the molecule is O=C(CCNC(=O)C1CC=CCC1C(=O)N1CCOCC1)NCc1cccnc1. The maximum Gasteiger partial charge on any atom is 0.226 e. The van der Waals surface area contributed by atoms with E-state index >= 15 is 0 Å². The third kappa shape index (κ3) is 6.12. The van der Waals surface area contributed by atoms with E-state index in [0.29, 0.717) is 45.7 Å². The summed E-state index contributed by atoms with van der Waals surface area (Å²) in [6.07, 6.45) is 8.60. The van der Waals surface area contributed by atoms with Gasteiger partial charge in [0.25, 0.3) is 0 Å². The molecular formula is C21H28N4O4. The van der Waals surface area contributed by atoms with Gasteiger partial charge in [-0.2, -0.15) is 0 Å². The first kappa shape index (κ1) is 21.0. The average molecular weight is 400 g/mol. The van der Waals surface area contributed by atoms with Crippen LogP contribution in [-0.2, 0) is 25.7 Å². The first-order valence-electron chi connectivity index (χ1n) is 10.1. The largest absolute Gasteiger partial charge is 0.378 e. The van der Waals surface area contributed by atoms with Gasteiger partial charge in [-0.1, -0.05) is 18.2 Å². The summed E-state index contributed by atoms with van der Waals surface area (Å²) in [4.78, 5) is 43.3. The molecule has 156 valence electrons. The summed E-state index contributed by atoms with van der Waals surface area (Å²) >= 11 is 0. The summed E-state index contributed by atoms with van der Waals surface area (Å²) in [5.74, 6) is -1.03. The monoisotopic (exact) mass is 400 g/mol. The number of carbonyl (C=O) groups is 3. The van der Waals surface area contributed by atoms with Crippen LogP contribution >= 0.6 is 0 Å². The first-order chi connectivity index (χ1) is 14.1. The second-order valence-corrected chi connectivity index (χ2v) is 7.27. The van der Waals surface area contributed by atoms with Gasteiger partial charge < -0.3 is 20.3 Å². The molecule has 8 heteroatoms. The van der Waals surface area contributed by atoms with Crippen LogP contribution in [-0.4, -0.2) is 60.5 Å². The maximum atomic E-state index is 12.9. The topological polar surface area (TPSA) is 101 Å². The van der Waals surface area contributed by atoms with Gasteiger partial charge in [0.1, 0.15) is 0 Å². The first-order valence-corrected chi connectivity index (χ1v) is 10.1. The van der Waals surface area contributed by atoms with Gasteiger partial charge in [0, 0.05) is 45.0 Å². The van der Waals surface area contributed by atoms with Gasteiger partial charge in [0.2, 0.25) is 17.7 Å². The number of nitrogens with zero attached hydrogens (tertiary/aromatic N) is 2. The van der Waals surface area contributed by atoms with Crippen molar-refractivity contribution in [2.45, 2.75) is 25.8 Å². The molecule has 1 aliphatic heterocycles. The Bertz CT molecular complexity index is 731. The standard InChI is InChI=1S/C21H28N4O4/c26-19(24-15-16-4-3-8-22-14-16)7-9-23-20(27)17-5-1-2-6-18(17)21(28)25-10-12-29-13-11-25/h1-4,8,14,17-18H,5-7,9-13,15H2,(H,23,27)(H,24,26). The van der Waals surface area contributed by atoms with Crippen molar-refractivity contribution in [3.63, 3.8) is 0 Å². The quantitative estimate of drug-likeness (QED) is 0.655. The van der Waals surface area contributed by atoms with E-state index in [-0.39, 0.29) is 36.6 Å². The Kier molecular flexibility index (Phi) is 7.75. The molecule has 2 N–H and O–H groups in total.